The molecule has 0 aromatic heterocycles. The van der Waals surface area contributed by atoms with Gasteiger partial charge in [-0.3, -0.25) is 9.69 Å². The molecule has 4 heteroatoms. The standard InChI is InChI=1S/C14H19NO3/c1-15(10-14(16)17-2)9-13-12-6-4-3-5-11(12)7-8-18-13/h3-6,13H,7-10H2,1-2H3. The van der Waals surface area contributed by atoms with Gasteiger partial charge >= 0.3 is 5.97 Å². The highest BCUT2D eigenvalue weighted by molar-refractivity contribution is 5.71. The van der Waals surface area contributed by atoms with Gasteiger partial charge in [-0.2, -0.15) is 0 Å². The lowest BCUT2D eigenvalue weighted by molar-refractivity contribution is -0.142. The van der Waals surface area contributed by atoms with Crippen molar-refractivity contribution >= 4 is 5.97 Å². The van der Waals surface area contributed by atoms with Crippen LogP contribution in [0.4, 0.5) is 0 Å². The van der Waals surface area contributed by atoms with Crippen LogP contribution in [0, 0.1) is 0 Å². The highest BCUT2D eigenvalue weighted by Crippen LogP contribution is 2.27. The Morgan fingerprint density at radius 3 is 3.06 bits per heavy atom. The van der Waals surface area contributed by atoms with Crippen LogP contribution >= 0.6 is 0 Å². The molecule has 0 N–H and O–H groups in total. The zero-order chi connectivity index (χ0) is 13.0. The fourth-order valence-corrected chi connectivity index (χ4v) is 2.26. The number of hydrogen-bond donors (Lipinski definition) is 0. The maximum absolute atomic E-state index is 11.2. The van der Waals surface area contributed by atoms with Gasteiger partial charge in [-0.25, -0.2) is 0 Å². The van der Waals surface area contributed by atoms with E-state index in [1.165, 1.54) is 18.2 Å². The van der Waals surface area contributed by atoms with E-state index >= 15 is 0 Å². The van der Waals surface area contributed by atoms with Crippen LogP contribution in [0.5, 0.6) is 0 Å². The van der Waals surface area contributed by atoms with Crippen LogP contribution in [-0.2, 0) is 20.7 Å². The number of hydrogen-bond acceptors (Lipinski definition) is 4. The second kappa shape index (κ2) is 5.98. The normalized spacial score (nSPS) is 18.5. The number of ether oxygens (including phenoxy) is 2. The van der Waals surface area contributed by atoms with Gasteiger partial charge in [0.05, 0.1) is 26.4 Å². The van der Waals surface area contributed by atoms with Crippen molar-refractivity contribution in [1.29, 1.82) is 0 Å². The molecule has 0 spiro atoms. The Morgan fingerprint density at radius 2 is 2.28 bits per heavy atom. The highest BCUT2D eigenvalue weighted by atomic mass is 16.5. The summed E-state index contributed by atoms with van der Waals surface area (Å²) >= 11 is 0. The molecule has 1 aliphatic heterocycles. The van der Waals surface area contributed by atoms with Crippen LogP contribution in [0.2, 0.25) is 0 Å². The first kappa shape index (κ1) is 13.1. The molecule has 1 aromatic carbocycles. The molecule has 1 heterocycles. The molecule has 1 aliphatic rings. The third-order valence-electron chi connectivity index (χ3n) is 3.20. The summed E-state index contributed by atoms with van der Waals surface area (Å²) in [4.78, 5) is 13.1. The summed E-state index contributed by atoms with van der Waals surface area (Å²) < 4.78 is 10.5. The summed E-state index contributed by atoms with van der Waals surface area (Å²) in [6, 6.07) is 8.33. The molecule has 0 saturated carbocycles. The predicted octanol–water partition coefficient (Wildman–Crippen LogP) is 1.41. The Labute approximate surface area is 107 Å². The average Bonchev–Trinajstić information content (AvgIpc) is 2.39. The molecule has 2 rings (SSSR count). The third kappa shape index (κ3) is 3.09. The number of likely N-dealkylation sites (N-methyl/N-ethyl adjacent to an activating group) is 1. The number of methoxy groups -OCH3 is 1. The quantitative estimate of drug-likeness (QED) is 0.756. The van der Waals surface area contributed by atoms with E-state index in [0.29, 0.717) is 13.1 Å². The van der Waals surface area contributed by atoms with E-state index in [-0.39, 0.29) is 12.1 Å². The van der Waals surface area contributed by atoms with Gasteiger partial charge in [0.2, 0.25) is 0 Å². The van der Waals surface area contributed by atoms with Crippen LogP contribution in [0.1, 0.15) is 17.2 Å². The second-order valence-electron chi connectivity index (χ2n) is 4.58. The molecule has 0 aliphatic carbocycles. The first-order valence-corrected chi connectivity index (χ1v) is 6.15. The SMILES string of the molecule is COC(=O)CN(C)CC1OCCc2ccccc21. The van der Waals surface area contributed by atoms with Gasteiger partial charge in [-0.1, -0.05) is 24.3 Å². The van der Waals surface area contributed by atoms with Gasteiger partial charge in [-0.15, -0.1) is 0 Å². The zero-order valence-corrected chi connectivity index (χ0v) is 10.9. The van der Waals surface area contributed by atoms with Gasteiger partial charge in [0, 0.05) is 6.54 Å². The number of fused-ring (bicyclic) bond motifs is 1. The summed E-state index contributed by atoms with van der Waals surface area (Å²) in [5, 5.41) is 0. The Kier molecular flexibility index (Phi) is 4.33. The zero-order valence-electron chi connectivity index (χ0n) is 10.9. The summed E-state index contributed by atoms with van der Waals surface area (Å²) in [5.74, 6) is -0.221. The summed E-state index contributed by atoms with van der Waals surface area (Å²) in [6.45, 7) is 1.73. The lowest BCUT2D eigenvalue weighted by atomic mass is 9.97. The predicted molar refractivity (Wildman–Crippen MR) is 68.4 cm³/mol. The fourth-order valence-electron chi connectivity index (χ4n) is 2.26. The average molecular weight is 249 g/mol. The van der Waals surface area contributed by atoms with Crippen LogP contribution in [0.3, 0.4) is 0 Å². The van der Waals surface area contributed by atoms with Crippen LogP contribution < -0.4 is 0 Å². The maximum Gasteiger partial charge on any atom is 0.319 e. The van der Waals surface area contributed by atoms with Gasteiger partial charge in [0.15, 0.2) is 0 Å². The summed E-state index contributed by atoms with van der Waals surface area (Å²) in [6.07, 6.45) is 1.01. The van der Waals surface area contributed by atoms with Crippen LogP contribution in [-0.4, -0.2) is 44.7 Å². The molecular formula is C14H19NO3. The van der Waals surface area contributed by atoms with Gasteiger partial charge < -0.3 is 9.47 Å². The minimum Gasteiger partial charge on any atom is -0.468 e. The van der Waals surface area contributed by atoms with E-state index in [9.17, 15) is 4.79 Å². The Hall–Kier alpha value is -1.39. The molecule has 0 saturated heterocycles. The molecule has 98 valence electrons. The van der Waals surface area contributed by atoms with Crippen molar-refractivity contribution in [3.05, 3.63) is 35.4 Å². The summed E-state index contributed by atoms with van der Waals surface area (Å²) in [7, 11) is 3.31. The number of carbonyl (C=O) groups excluding carboxylic acids is 1. The molecule has 0 amide bonds. The van der Waals surface area contributed by atoms with Gasteiger partial charge in [0.1, 0.15) is 0 Å². The maximum atomic E-state index is 11.2. The van der Waals surface area contributed by atoms with E-state index < -0.39 is 0 Å². The molecule has 1 unspecified atom stereocenters. The number of esters is 1. The van der Waals surface area contributed by atoms with Crippen molar-refractivity contribution in [2.75, 3.05) is 33.9 Å². The lowest BCUT2D eigenvalue weighted by Gasteiger charge is -2.29. The molecule has 4 nitrogen and oxygen atoms in total. The van der Waals surface area contributed by atoms with Crippen LogP contribution in [0.15, 0.2) is 24.3 Å². The van der Waals surface area contributed by atoms with Gasteiger partial charge in [-0.05, 0) is 24.6 Å². The number of carbonyl (C=O) groups is 1. The molecular weight excluding hydrogens is 230 g/mol. The second-order valence-corrected chi connectivity index (χ2v) is 4.58. The number of rotatable bonds is 4. The molecule has 0 radical (unpaired) electrons. The van der Waals surface area contributed by atoms with Crippen molar-refractivity contribution in [3.63, 3.8) is 0 Å². The van der Waals surface area contributed by atoms with Crippen LogP contribution in [0.25, 0.3) is 0 Å². The first-order chi connectivity index (χ1) is 8.70. The van der Waals surface area contributed by atoms with Crippen molar-refractivity contribution in [2.45, 2.75) is 12.5 Å². The monoisotopic (exact) mass is 249 g/mol. The topological polar surface area (TPSA) is 38.8 Å². The largest absolute Gasteiger partial charge is 0.468 e. The van der Waals surface area contributed by atoms with E-state index in [2.05, 4.69) is 22.9 Å². The van der Waals surface area contributed by atoms with E-state index in [1.54, 1.807) is 0 Å². The minimum atomic E-state index is -0.221. The lowest BCUT2D eigenvalue weighted by Crippen LogP contribution is -2.33. The van der Waals surface area contributed by atoms with E-state index in [1.807, 2.05) is 18.0 Å². The molecule has 0 bridgehead atoms. The van der Waals surface area contributed by atoms with Crippen molar-refractivity contribution in [2.24, 2.45) is 0 Å². The Balaban J connectivity index is 2.00. The number of nitrogens with zero attached hydrogens (tertiary/aromatic N) is 1. The van der Waals surface area contributed by atoms with Crippen molar-refractivity contribution in [3.8, 4) is 0 Å². The fraction of sp³-hybridized carbons (Fsp3) is 0.500. The molecule has 0 fully saturated rings. The number of benzene rings is 1. The summed E-state index contributed by atoms with van der Waals surface area (Å²) in [5.41, 5.74) is 2.58. The van der Waals surface area contributed by atoms with E-state index in [4.69, 9.17) is 4.74 Å². The minimum absolute atomic E-state index is 0.0459. The van der Waals surface area contributed by atoms with Crippen molar-refractivity contribution < 1.29 is 14.3 Å². The molecule has 1 aromatic rings. The van der Waals surface area contributed by atoms with Gasteiger partial charge in [0.25, 0.3) is 0 Å². The first-order valence-electron chi connectivity index (χ1n) is 6.15. The van der Waals surface area contributed by atoms with Crippen molar-refractivity contribution in [1.82, 2.24) is 4.90 Å². The van der Waals surface area contributed by atoms with E-state index in [0.717, 1.165) is 13.0 Å². The highest BCUT2D eigenvalue weighted by Gasteiger charge is 2.22. The Morgan fingerprint density at radius 1 is 1.50 bits per heavy atom. The Bertz CT molecular complexity index is 419. The smallest absolute Gasteiger partial charge is 0.319 e. The third-order valence-corrected chi connectivity index (χ3v) is 3.20. The molecule has 1 atom stereocenters. The molecule has 18 heavy (non-hydrogen) atoms.